The second kappa shape index (κ2) is 11.4. The molecule has 1 spiro atoms. The lowest BCUT2D eigenvalue weighted by Crippen LogP contribution is -2.49. The van der Waals surface area contributed by atoms with E-state index in [1.807, 2.05) is 0 Å². The molecule has 2 aromatic heterocycles. The van der Waals surface area contributed by atoms with E-state index in [0.717, 1.165) is 36.6 Å². The monoisotopic (exact) mass is 628 g/mol. The van der Waals surface area contributed by atoms with Crippen molar-refractivity contribution in [3.8, 4) is 0 Å². The van der Waals surface area contributed by atoms with Gasteiger partial charge in [-0.2, -0.15) is 18.3 Å². The van der Waals surface area contributed by atoms with E-state index in [9.17, 15) is 32.7 Å². The lowest BCUT2D eigenvalue weighted by Gasteiger charge is -2.44. The standard InChI is InChI=1S/C29H33Cl2F3N4O4/c1-15(19-9-28(10-19)7-8-28)37(14-23(39)24-21(30)12-35-13-22(24)31)26(40)20-11-36-38(25(20)29(32,33)34)16(2)17-3-5-18(6-4-17)27(41)42/h11-13,15-19H,3-10,14H2,1-2H3,(H,41,42). The third-order valence-corrected chi connectivity index (χ3v) is 10.3. The van der Waals surface area contributed by atoms with Crippen LogP contribution in [0.1, 0.15) is 97.7 Å². The van der Waals surface area contributed by atoms with Crippen LogP contribution < -0.4 is 0 Å². The maximum Gasteiger partial charge on any atom is 0.433 e. The molecule has 2 atom stereocenters. The number of carboxylic acid groups (broad SMARTS) is 1. The van der Waals surface area contributed by atoms with Crippen molar-refractivity contribution in [3.63, 3.8) is 0 Å². The lowest BCUT2D eigenvalue weighted by atomic mass is 9.68. The molecule has 3 aliphatic carbocycles. The quantitative estimate of drug-likeness (QED) is 0.301. The van der Waals surface area contributed by atoms with E-state index in [1.165, 1.54) is 17.3 Å². The third kappa shape index (κ3) is 5.91. The summed E-state index contributed by atoms with van der Waals surface area (Å²) in [5, 5.41) is 13.3. The zero-order valence-electron chi connectivity index (χ0n) is 23.3. The van der Waals surface area contributed by atoms with Crippen molar-refractivity contribution in [3.05, 3.63) is 45.5 Å². The fourth-order valence-corrected chi connectivity index (χ4v) is 7.43. The summed E-state index contributed by atoms with van der Waals surface area (Å²) in [4.78, 5) is 43.8. The number of carbonyl (C=O) groups is 3. The smallest absolute Gasteiger partial charge is 0.433 e. The molecule has 228 valence electrons. The van der Waals surface area contributed by atoms with Crippen LogP contribution in [0.5, 0.6) is 0 Å². The molecule has 0 saturated heterocycles. The Labute approximate surface area is 251 Å². The molecule has 3 aliphatic rings. The Balaban J connectivity index is 1.45. The van der Waals surface area contributed by atoms with Gasteiger partial charge in [-0.15, -0.1) is 0 Å². The highest BCUT2D eigenvalue weighted by molar-refractivity contribution is 6.39. The van der Waals surface area contributed by atoms with Crippen LogP contribution in [-0.4, -0.2) is 55.0 Å². The molecule has 8 nitrogen and oxygen atoms in total. The van der Waals surface area contributed by atoms with Crippen molar-refractivity contribution >= 4 is 40.9 Å². The number of hydrogen-bond acceptors (Lipinski definition) is 5. The molecule has 3 fully saturated rings. The second-order valence-corrected chi connectivity index (χ2v) is 13.1. The minimum atomic E-state index is -4.90. The molecule has 1 N–H and O–H groups in total. The minimum absolute atomic E-state index is 0.0108. The van der Waals surface area contributed by atoms with Gasteiger partial charge in [0, 0.05) is 18.4 Å². The van der Waals surface area contributed by atoms with Crippen LogP contribution in [0.3, 0.4) is 0 Å². The van der Waals surface area contributed by atoms with Gasteiger partial charge in [0.1, 0.15) is 0 Å². The van der Waals surface area contributed by atoms with Gasteiger partial charge in [0.2, 0.25) is 0 Å². The Kier molecular flexibility index (Phi) is 8.39. The number of hydrogen-bond donors (Lipinski definition) is 1. The highest BCUT2D eigenvalue weighted by atomic mass is 35.5. The zero-order valence-corrected chi connectivity index (χ0v) is 24.8. The van der Waals surface area contributed by atoms with Crippen LogP contribution in [0.25, 0.3) is 0 Å². The number of amides is 1. The number of rotatable bonds is 9. The number of alkyl halides is 3. The minimum Gasteiger partial charge on any atom is -0.481 e. The zero-order chi connectivity index (χ0) is 30.6. The number of halogens is 5. The topological polar surface area (TPSA) is 105 Å². The van der Waals surface area contributed by atoms with Gasteiger partial charge in [0.15, 0.2) is 11.5 Å². The van der Waals surface area contributed by atoms with Crippen LogP contribution in [0.4, 0.5) is 13.2 Å². The van der Waals surface area contributed by atoms with E-state index < -0.39 is 59.6 Å². The molecule has 2 unspecified atom stereocenters. The van der Waals surface area contributed by atoms with Crippen molar-refractivity contribution < 1.29 is 32.7 Å². The molecule has 0 aliphatic heterocycles. The summed E-state index contributed by atoms with van der Waals surface area (Å²) in [6, 6.07) is -1.23. The Morgan fingerprint density at radius 2 is 1.64 bits per heavy atom. The molecule has 3 saturated carbocycles. The van der Waals surface area contributed by atoms with E-state index >= 15 is 0 Å². The Morgan fingerprint density at radius 3 is 2.17 bits per heavy atom. The summed E-state index contributed by atoms with van der Waals surface area (Å²) in [5.74, 6) is -3.14. The molecule has 0 bridgehead atoms. The predicted molar refractivity (Wildman–Crippen MR) is 149 cm³/mol. The number of carbonyl (C=O) groups excluding carboxylic acids is 2. The summed E-state index contributed by atoms with van der Waals surface area (Å²) in [6.45, 7) is 2.87. The number of aliphatic carboxylic acids is 1. The van der Waals surface area contributed by atoms with Crippen LogP contribution >= 0.6 is 23.2 Å². The van der Waals surface area contributed by atoms with E-state index in [1.54, 1.807) is 13.8 Å². The molecule has 5 rings (SSSR count). The highest BCUT2D eigenvalue weighted by Gasteiger charge is 2.55. The van der Waals surface area contributed by atoms with Gasteiger partial charge >= 0.3 is 12.1 Å². The predicted octanol–water partition coefficient (Wildman–Crippen LogP) is 6.96. The van der Waals surface area contributed by atoms with Gasteiger partial charge in [0.05, 0.1) is 45.9 Å². The Bertz CT molecular complexity index is 1360. The highest BCUT2D eigenvalue weighted by Crippen LogP contribution is 2.64. The van der Waals surface area contributed by atoms with E-state index in [-0.39, 0.29) is 32.9 Å². The number of nitrogens with zero attached hydrogens (tertiary/aromatic N) is 4. The number of ketones is 1. The summed E-state index contributed by atoms with van der Waals surface area (Å²) in [5.41, 5.74) is -1.56. The third-order valence-electron chi connectivity index (χ3n) is 9.71. The van der Waals surface area contributed by atoms with Crippen LogP contribution in [-0.2, 0) is 11.0 Å². The van der Waals surface area contributed by atoms with Crippen molar-refractivity contribution in [2.45, 2.75) is 83.5 Å². The van der Waals surface area contributed by atoms with E-state index in [4.69, 9.17) is 23.2 Å². The average Bonchev–Trinajstić information content (AvgIpc) is 3.59. The number of Topliss-reactive ketones (excluding diaryl/α,β-unsaturated/α-hetero) is 1. The first-order valence-electron chi connectivity index (χ1n) is 14.2. The maximum atomic E-state index is 14.6. The largest absolute Gasteiger partial charge is 0.481 e. The van der Waals surface area contributed by atoms with Crippen molar-refractivity contribution in [1.29, 1.82) is 0 Å². The maximum absolute atomic E-state index is 14.6. The normalized spacial score (nSPS) is 23.2. The summed E-state index contributed by atoms with van der Waals surface area (Å²) in [7, 11) is 0. The second-order valence-electron chi connectivity index (χ2n) is 12.3. The van der Waals surface area contributed by atoms with Crippen molar-refractivity contribution in [2.75, 3.05) is 6.54 Å². The van der Waals surface area contributed by atoms with Gasteiger partial charge < -0.3 is 10.0 Å². The molecule has 42 heavy (non-hydrogen) atoms. The summed E-state index contributed by atoms with van der Waals surface area (Å²) in [6.07, 6.45) is 4.04. The fraction of sp³-hybridized carbons (Fsp3) is 0.621. The molecule has 0 aromatic carbocycles. The van der Waals surface area contributed by atoms with Crippen molar-refractivity contribution in [2.24, 2.45) is 23.2 Å². The fourth-order valence-electron chi connectivity index (χ4n) is 6.86. The molecule has 0 radical (unpaired) electrons. The number of pyridine rings is 1. The van der Waals surface area contributed by atoms with Gasteiger partial charge in [0.25, 0.3) is 5.91 Å². The van der Waals surface area contributed by atoms with E-state index in [2.05, 4.69) is 10.1 Å². The molecule has 1 amide bonds. The molecule has 13 heteroatoms. The van der Waals surface area contributed by atoms with Crippen LogP contribution in [0, 0.1) is 23.2 Å². The van der Waals surface area contributed by atoms with Gasteiger partial charge in [-0.3, -0.25) is 24.0 Å². The Morgan fingerprint density at radius 1 is 1.05 bits per heavy atom. The molecule has 2 aromatic rings. The van der Waals surface area contributed by atoms with Crippen LogP contribution in [0.15, 0.2) is 18.6 Å². The SMILES string of the molecule is CC(C1CC2(CC2)C1)N(CC(=O)c1c(Cl)cncc1Cl)C(=O)c1cnn(C(C)C2CCC(C(=O)O)CC2)c1C(F)(F)F. The first kappa shape index (κ1) is 30.8. The first-order valence-corrected chi connectivity index (χ1v) is 15.0. The van der Waals surface area contributed by atoms with Gasteiger partial charge in [-0.1, -0.05) is 23.2 Å². The average molecular weight is 630 g/mol. The molecular formula is C29H33Cl2F3N4O4. The van der Waals surface area contributed by atoms with Gasteiger partial charge in [-0.25, -0.2) is 0 Å². The molecular weight excluding hydrogens is 596 g/mol. The summed E-state index contributed by atoms with van der Waals surface area (Å²) >= 11 is 12.4. The Hall–Kier alpha value is -2.66. The lowest BCUT2D eigenvalue weighted by molar-refractivity contribution is -0.146. The van der Waals surface area contributed by atoms with Gasteiger partial charge in [-0.05, 0) is 82.5 Å². The first-order chi connectivity index (χ1) is 19.7. The number of aromatic nitrogens is 3. The van der Waals surface area contributed by atoms with Crippen LogP contribution in [0.2, 0.25) is 10.0 Å². The van der Waals surface area contributed by atoms with E-state index in [0.29, 0.717) is 25.7 Å². The van der Waals surface area contributed by atoms with Crippen molar-refractivity contribution in [1.82, 2.24) is 19.7 Å². The summed E-state index contributed by atoms with van der Waals surface area (Å²) < 4.78 is 44.7. The number of carboxylic acids is 1. The molecule has 2 heterocycles.